The Morgan fingerprint density at radius 3 is 2.83 bits per heavy atom. The lowest BCUT2D eigenvalue weighted by atomic mass is 9.80. The number of halogens is 1. The number of rotatable bonds is 7. The van der Waals surface area contributed by atoms with E-state index in [0.717, 1.165) is 49.7 Å². The van der Waals surface area contributed by atoms with Gasteiger partial charge in [-0.05, 0) is 50.2 Å². The maximum absolute atomic E-state index is 11.2. The van der Waals surface area contributed by atoms with Crippen LogP contribution >= 0.6 is 11.6 Å². The van der Waals surface area contributed by atoms with Crippen LogP contribution in [-0.2, 0) is 0 Å². The molecule has 1 aliphatic rings. The maximum Gasteiger partial charge on any atom is 0.155 e. The van der Waals surface area contributed by atoms with Crippen LogP contribution < -0.4 is 4.74 Å². The second-order valence-corrected chi connectivity index (χ2v) is 6.66. The fraction of sp³-hybridized carbons (Fsp3) is 0.556. The maximum atomic E-state index is 11.2. The molecule has 1 N–H and O–H groups in total. The smallest absolute Gasteiger partial charge is 0.155 e. The van der Waals surface area contributed by atoms with Crippen LogP contribution in [0.2, 0.25) is 5.02 Å². The molecule has 0 saturated carbocycles. The third-order valence-electron chi connectivity index (χ3n) is 4.39. The fourth-order valence-electron chi connectivity index (χ4n) is 3.24. The number of pyridine rings is 1. The molecule has 5 heteroatoms. The number of aromatic nitrogens is 1. The van der Waals surface area contributed by atoms with Crippen molar-refractivity contribution >= 4 is 17.9 Å². The van der Waals surface area contributed by atoms with Gasteiger partial charge in [-0.1, -0.05) is 24.9 Å². The lowest BCUT2D eigenvalue weighted by Gasteiger charge is -2.32. The molecule has 1 atom stereocenters. The highest BCUT2D eigenvalue weighted by atomic mass is 35.5. The Hall–Kier alpha value is -1.39. The number of aliphatic hydroxyl groups is 1. The van der Waals surface area contributed by atoms with Crippen LogP contribution in [-0.4, -0.2) is 28.6 Å². The molecule has 1 aromatic rings. The summed E-state index contributed by atoms with van der Waals surface area (Å²) in [5.41, 5.74) is 1.76. The summed E-state index contributed by atoms with van der Waals surface area (Å²) in [7, 11) is 0. The van der Waals surface area contributed by atoms with Crippen molar-refractivity contribution in [1.29, 1.82) is 0 Å². The van der Waals surface area contributed by atoms with Crippen molar-refractivity contribution in [2.24, 2.45) is 0 Å². The fourth-order valence-corrected chi connectivity index (χ4v) is 3.43. The Morgan fingerprint density at radius 2 is 2.13 bits per heavy atom. The SMILES string of the molecule is CCCC(C)(O)C1=C(COc2cncc(Cl)c2C=O)CCCC1. The molecule has 0 bridgehead atoms. The minimum atomic E-state index is -0.784. The van der Waals surface area contributed by atoms with Crippen molar-refractivity contribution in [3.05, 3.63) is 34.1 Å². The van der Waals surface area contributed by atoms with Gasteiger partial charge in [0.1, 0.15) is 12.4 Å². The molecule has 0 aromatic carbocycles. The van der Waals surface area contributed by atoms with Gasteiger partial charge in [-0.25, -0.2) is 0 Å². The van der Waals surface area contributed by atoms with Gasteiger partial charge in [0.05, 0.1) is 22.4 Å². The molecule has 1 aliphatic carbocycles. The number of aldehydes is 1. The lowest BCUT2D eigenvalue weighted by Crippen LogP contribution is -2.30. The summed E-state index contributed by atoms with van der Waals surface area (Å²) < 4.78 is 5.80. The number of carbonyl (C=O) groups is 1. The first-order chi connectivity index (χ1) is 11.0. The van der Waals surface area contributed by atoms with Crippen molar-refractivity contribution in [2.75, 3.05) is 6.61 Å². The zero-order valence-electron chi connectivity index (χ0n) is 13.8. The van der Waals surface area contributed by atoms with E-state index in [9.17, 15) is 9.90 Å². The first-order valence-electron chi connectivity index (χ1n) is 8.14. The molecule has 0 aliphatic heterocycles. The average molecular weight is 338 g/mol. The van der Waals surface area contributed by atoms with Crippen molar-refractivity contribution in [2.45, 2.75) is 58.0 Å². The molecule has 0 saturated heterocycles. The van der Waals surface area contributed by atoms with Gasteiger partial charge in [0.25, 0.3) is 0 Å². The molecule has 0 radical (unpaired) electrons. The molecule has 0 amide bonds. The molecule has 1 unspecified atom stereocenters. The standard InChI is InChI=1S/C18H24ClNO3/c1-3-8-18(2,22)15-7-5-4-6-13(15)12-23-17-10-20-9-16(19)14(17)11-21/h9-11,22H,3-8,12H2,1-2H3. The van der Waals surface area contributed by atoms with E-state index in [0.29, 0.717) is 24.2 Å². The summed E-state index contributed by atoms with van der Waals surface area (Å²) in [5, 5.41) is 11.0. The van der Waals surface area contributed by atoms with E-state index < -0.39 is 5.60 Å². The summed E-state index contributed by atoms with van der Waals surface area (Å²) in [4.78, 5) is 15.1. The highest BCUT2D eigenvalue weighted by Crippen LogP contribution is 2.35. The van der Waals surface area contributed by atoms with Crippen molar-refractivity contribution in [3.8, 4) is 5.75 Å². The molecule has 0 spiro atoms. The number of nitrogens with zero attached hydrogens (tertiary/aromatic N) is 1. The quantitative estimate of drug-likeness (QED) is 0.593. The summed E-state index contributed by atoms with van der Waals surface area (Å²) in [5.74, 6) is 0.389. The molecule has 0 fully saturated rings. The van der Waals surface area contributed by atoms with E-state index in [4.69, 9.17) is 16.3 Å². The van der Waals surface area contributed by atoms with E-state index in [-0.39, 0.29) is 5.02 Å². The minimum absolute atomic E-state index is 0.285. The van der Waals surface area contributed by atoms with Crippen LogP contribution in [0.3, 0.4) is 0 Å². The Labute approximate surface area is 142 Å². The van der Waals surface area contributed by atoms with Gasteiger partial charge in [0, 0.05) is 6.20 Å². The largest absolute Gasteiger partial charge is 0.487 e. The van der Waals surface area contributed by atoms with Crippen molar-refractivity contribution in [3.63, 3.8) is 0 Å². The van der Waals surface area contributed by atoms with E-state index >= 15 is 0 Å². The highest BCUT2D eigenvalue weighted by Gasteiger charge is 2.29. The summed E-state index contributed by atoms with van der Waals surface area (Å²) in [6, 6.07) is 0. The monoisotopic (exact) mass is 337 g/mol. The molecule has 1 heterocycles. The topological polar surface area (TPSA) is 59.4 Å². The van der Waals surface area contributed by atoms with Crippen LogP contribution in [0.5, 0.6) is 5.75 Å². The van der Waals surface area contributed by atoms with E-state index in [1.165, 1.54) is 12.4 Å². The summed E-state index contributed by atoms with van der Waals surface area (Å²) in [6.07, 6.45) is 9.29. The van der Waals surface area contributed by atoms with Gasteiger partial charge in [-0.3, -0.25) is 9.78 Å². The number of hydrogen-bond acceptors (Lipinski definition) is 4. The van der Waals surface area contributed by atoms with Crippen LogP contribution in [0.1, 0.15) is 62.7 Å². The Bertz CT molecular complexity index is 596. The minimum Gasteiger partial charge on any atom is -0.487 e. The average Bonchev–Trinajstić information content (AvgIpc) is 2.53. The predicted molar refractivity (Wildman–Crippen MR) is 91.2 cm³/mol. The zero-order chi connectivity index (χ0) is 16.9. The van der Waals surface area contributed by atoms with E-state index in [1.54, 1.807) is 0 Å². The third-order valence-corrected chi connectivity index (χ3v) is 4.69. The molecule has 126 valence electrons. The van der Waals surface area contributed by atoms with Crippen LogP contribution in [0.25, 0.3) is 0 Å². The van der Waals surface area contributed by atoms with Gasteiger partial charge in [-0.2, -0.15) is 0 Å². The molecule has 4 nitrogen and oxygen atoms in total. The van der Waals surface area contributed by atoms with Crippen LogP contribution in [0, 0.1) is 0 Å². The van der Waals surface area contributed by atoms with E-state index in [1.807, 2.05) is 6.92 Å². The summed E-state index contributed by atoms with van der Waals surface area (Å²) >= 11 is 5.97. The third kappa shape index (κ3) is 4.33. The van der Waals surface area contributed by atoms with Gasteiger partial charge in [-0.15, -0.1) is 0 Å². The van der Waals surface area contributed by atoms with Crippen molar-refractivity contribution < 1.29 is 14.6 Å². The van der Waals surface area contributed by atoms with Gasteiger partial charge >= 0.3 is 0 Å². The Morgan fingerprint density at radius 1 is 1.39 bits per heavy atom. The van der Waals surface area contributed by atoms with Gasteiger partial charge in [0.2, 0.25) is 0 Å². The Kier molecular flexibility index (Phi) is 6.19. The Balaban J connectivity index is 2.21. The molecular formula is C18H24ClNO3. The second-order valence-electron chi connectivity index (χ2n) is 6.25. The van der Waals surface area contributed by atoms with E-state index in [2.05, 4.69) is 11.9 Å². The first kappa shape index (κ1) is 18.0. The second kappa shape index (κ2) is 7.93. The molecule has 1 aromatic heterocycles. The number of carbonyl (C=O) groups excluding carboxylic acids is 1. The van der Waals surface area contributed by atoms with Crippen molar-refractivity contribution in [1.82, 2.24) is 4.98 Å². The predicted octanol–water partition coefficient (Wildman–Crippen LogP) is 4.35. The zero-order valence-corrected chi connectivity index (χ0v) is 14.5. The highest BCUT2D eigenvalue weighted by molar-refractivity contribution is 6.33. The normalized spacial score (nSPS) is 17.7. The molecule has 23 heavy (non-hydrogen) atoms. The van der Waals surface area contributed by atoms with Gasteiger partial charge in [0.15, 0.2) is 6.29 Å². The lowest BCUT2D eigenvalue weighted by molar-refractivity contribution is 0.0800. The van der Waals surface area contributed by atoms with Gasteiger partial charge < -0.3 is 9.84 Å². The summed E-state index contributed by atoms with van der Waals surface area (Å²) in [6.45, 7) is 4.31. The molecular weight excluding hydrogens is 314 g/mol. The first-order valence-corrected chi connectivity index (χ1v) is 8.52. The number of ether oxygens (including phenoxy) is 1. The van der Waals surface area contributed by atoms with Crippen LogP contribution in [0.15, 0.2) is 23.5 Å². The number of hydrogen-bond donors (Lipinski definition) is 1. The van der Waals surface area contributed by atoms with Crippen LogP contribution in [0.4, 0.5) is 0 Å². The molecule has 2 rings (SSSR count).